The van der Waals surface area contributed by atoms with Gasteiger partial charge in [-0.3, -0.25) is 9.69 Å². The van der Waals surface area contributed by atoms with Crippen LogP contribution >= 0.6 is 0 Å². The molecule has 0 atom stereocenters. The van der Waals surface area contributed by atoms with E-state index in [9.17, 15) is 4.79 Å². The van der Waals surface area contributed by atoms with Gasteiger partial charge >= 0.3 is 0 Å². The van der Waals surface area contributed by atoms with Crippen molar-refractivity contribution in [3.63, 3.8) is 0 Å². The molecule has 8 nitrogen and oxygen atoms in total. The van der Waals surface area contributed by atoms with E-state index in [1.54, 1.807) is 38.5 Å². The summed E-state index contributed by atoms with van der Waals surface area (Å²) < 4.78 is 12.8. The summed E-state index contributed by atoms with van der Waals surface area (Å²) in [6, 6.07) is 15.1. The monoisotopic (exact) mass is 461 g/mol. The van der Waals surface area contributed by atoms with Crippen molar-refractivity contribution in [1.29, 1.82) is 0 Å². The van der Waals surface area contributed by atoms with Gasteiger partial charge in [-0.25, -0.2) is 0 Å². The van der Waals surface area contributed by atoms with Crippen LogP contribution < -0.4 is 14.8 Å². The molecule has 2 heterocycles. The predicted octanol–water partition coefficient (Wildman–Crippen LogP) is 2.84. The van der Waals surface area contributed by atoms with Crippen molar-refractivity contribution in [3.8, 4) is 11.5 Å². The van der Waals surface area contributed by atoms with Crippen LogP contribution in [0.4, 0.5) is 0 Å². The highest BCUT2D eigenvalue weighted by Crippen LogP contribution is 2.19. The zero-order chi connectivity index (χ0) is 23.8. The summed E-state index contributed by atoms with van der Waals surface area (Å²) in [6.45, 7) is 4.07. The Balaban J connectivity index is 1.27. The fraction of sp³-hybridized carbons (Fsp3) is 0.346. The maximum atomic E-state index is 12.4. The van der Waals surface area contributed by atoms with Gasteiger partial charge in [-0.1, -0.05) is 30.4 Å². The topological polar surface area (TPSA) is 81.5 Å². The third kappa shape index (κ3) is 5.82. The Kier molecular flexibility index (Phi) is 7.93. The zero-order valence-corrected chi connectivity index (χ0v) is 19.7. The summed E-state index contributed by atoms with van der Waals surface area (Å²) in [7, 11) is 3.30. The molecular formula is C26H31N5O3. The van der Waals surface area contributed by atoms with E-state index in [-0.39, 0.29) is 5.91 Å². The number of hydrogen-bond donors (Lipinski definition) is 1. The lowest BCUT2D eigenvalue weighted by Gasteiger charge is -2.17. The third-order valence-corrected chi connectivity index (χ3v) is 5.98. The molecule has 3 aromatic rings. The first-order valence-electron chi connectivity index (χ1n) is 11.5. The van der Waals surface area contributed by atoms with Gasteiger partial charge in [0.05, 0.1) is 14.2 Å². The molecule has 34 heavy (non-hydrogen) atoms. The van der Waals surface area contributed by atoms with E-state index < -0.39 is 0 Å². The van der Waals surface area contributed by atoms with Gasteiger partial charge in [0, 0.05) is 56.7 Å². The van der Waals surface area contributed by atoms with Crippen LogP contribution in [0.1, 0.15) is 27.6 Å². The van der Waals surface area contributed by atoms with Gasteiger partial charge in [-0.05, 0) is 30.3 Å². The highest BCUT2D eigenvalue weighted by atomic mass is 16.5. The van der Waals surface area contributed by atoms with Crippen molar-refractivity contribution in [2.45, 2.75) is 19.4 Å². The fourth-order valence-corrected chi connectivity index (χ4v) is 4.06. The van der Waals surface area contributed by atoms with E-state index in [0.29, 0.717) is 18.5 Å². The molecule has 0 saturated carbocycles. The van der Waals surface area contributed by atoms with Gasteiger partial charge in [-0.15, -0.1) is 10.2 Å². The second-order valence-corrected chi connectivity index (χ2v) is 8.11. The average Bonchev–Trinajstić information content (AvgIpc) is 3.15. The number of benzene rings is 2. The molecule has 0 unspecified atom stereocenters. The zero-order valence-electron chi connectivity index (χ0n) is 19.7. The van der Waals surface area contributed by atoms with Crippen LogP contribution in [0.5, 0.6) is 11.5 Å². The molecule has 1 amide bonds. The third-order valence-electron chi connectivity index (χ3n) is 5.98. The van der Waals surface area contributed by atoms with Crippen molar-refractivity contribution in [1.82, 2.24) is 25.0 Å². The number of methoxy groups -OCH3 is 2. The standard InChI is InChI=1S/C26H31N5O3/c1-33-22-11-9-21(10-12-22)26(32)27-15-13-24-28-29-25-14-17-30(18-19-31(24)25)16-5-7-20-6-3-4-8-23(20)34-2/h3-12H,13-19H2,1-2H3,(H,27,32)/b7-5+. The number of hydrogen-bond acceptors (Lipinski definition) is 6. The number of rotatable bonds is 9. The second-order valence-electron chi connectivity index (χ2n) is 8.11. The van der Waals surface area contributed by atoms with Crippen molar-refractivity contribution < 1.29 is 14.3 Å². The molecule has 0 fully saturated rings. The molecule has 0 radical (unpaired) electrons. The molecular weight excluding hydrogens is 430 g/mol. The molecule has 178 valence electrons. The van der Waals surface area contributed by atoms with Gasteiger partial charge in [0.1, 0.15) is 23.1 Å². The van der Waals surface area contributed by atoms with Crippen molar-refractivity contribution in [2.24, 2.45) is 0 Å². The molecule has 1 aliphatic heterocycles. The van der Waals surface area contributed by atoms with Crippen LogP contribution in [0.3, 0.4) is 0 Å². The van der Waals surface area contributed by atoms with Gasteiger partial charge in [0.25, 0.3) is 5.91 Å². The Morgan fingerprint density at radius 1 is 1.03 bits per heavy atom. The molecule has 0 bridgehead atoms. The number of ether oxygens (including phenoxy) is 2. The first-order valence-corrected chi connectivity index (χ1v) is 11.5. The van der Waals surface area contributed by atoms with E-state index in [0.717, 1.165) is 61.3 Å². The minimum atomic E-state index is -0.105. The van der Waals surface area contributed by atoms with Crippen LogP contribution in [0.15, 0.2) is 54.6 Å². The molecule has 0 spiro atoms. The summed E-state index contributed by atoms with van der Waals surface area (Å²) in [5, 5.41) is 11.7. The van der Waals surface area contributed by atoms with Crippen LogP contribution in [0.2, 0.25) is 0 Å². The Morgan fingerprint density at radius 3 is 2.65 bits per heavy atom. The summed E-state index contributed by atoms with van der Waals surface area (Å²) in [5.74, 6) is 3.42. The molecule has 4 rings (SSSR count). The smallest absolute Gasteiger partial charge is 0.251 e. The number of carbonyl (C=O) groups excluding carboxylic acids is 1. The van der Waals surface area contributed by atoms with E-state index in [1.807, 2.05) is 18.2 Å². The minimum absolute atomic E-state index is 0.105. The first-order chi connectivity index (χ1) is 16.7. The lowest BCUT2D eigenvalue weighted by atomic mass is 10.2. The maximum Gasteiger partial charge on any atom is 0.251 e. The number of carbonyl (C=O) groups is 1. The molecule has 8 heteroatoms. The lowest BCUT2D eigenvalue weighted by Crippen LogP contribution is -2.28. The van der Waals surface area contributed by atoms with Crippen molar-refractivity contribution >= 4 is 12.0 Å². The molecule has 0 aliphatic carbocycles. The minimum Gasteiger partial charge on any atom is -0.497 e. The number of para-hydroxylation sites is 1. The summed E-state index contributed by atoms with van der Waals surface area (Å²) in [5.41, 5.74) is 1.69. The van der Waals surface area contributed by atoms with E-state index in [4.69, 9.17) is 9.47 Å². The highest BCUT2D eigenvalue weighted by Gasteiger charge is 2.18. The predicted molar refractivity (Wildman–Crippen MR) is 131 cm³/mol. The van der Waals surface area contributed by atoms with Gasteiger partial charge < -0.3 is 19.4 Å². The number of nitrogens with one attached hydrogen (secondary N) is 1. The lowest BCUT2D eigenvalue weighted by molar-refractivity contribution is 0.0954. The molecule has 1 aromatic heterocycles. The van der Waals surface area contributed by atoms with Crippen LogP contribution in [-0.4, -0.2) is 66.0 Å². The summed E-state index contributed by atoms with van der Waals surface area (Å²) >= 11 is 0. The van der Waals surface area contributed by atoms with Crippen LogP contribution in [0.25, 0.3) is 6.08 Å². The molecule has 1 aliphatic rings. The molecule has 1 N–H and O–H groups in total. The Hall–Kier alpha value is -3.65. The quantitative estimate of drug-likeness (QED) is 0.528. The first kappa shape index (κ1) is 23.5. The normalized spacial score (nSPS) is 13.9. The van der Waals surface area contributed by atoms with Crippen LogP contribution in [0, 0.1) is 0 Å². The van der Waals surface area contributed by atoms with E-state index in [1.165, 1.54) is 0 Å². The summed E-state index contributed by atoms with van der Waals surface area (Å²) in [6.07, 6.45) is 5.79. The maximum absolute atomic E-state index is 12.4. The average molecular weight is 462 g/mol. The van der Waals surface area contributed by atoms with Crippen LogP contribution in [-0.2, 0) is 19.4 Å². The second kappa shape index (κ2) is 11.5. The Morgan fingerprint density at radius 2 is 1.85 bits per heavy atom. The van der Waals surface area contributed by atoms with E-state index >= 15 is 0 Å². The number of nitrogens with zero attached hydrogens (tertiary/aromatic N) is 4. The van der Waals surface area contributed by atoms with Gasteiger partial charge in [0.15, 0.2) is 0 Å². The number of amides is 1. The van der Waals surface area contributed by atoms with Gasteiger partial charge in [-0.2, -0.15) is 0 Å². The Labute approximate surface area is 200 Å². The van der Waals surface area contributed by atoms with Crippen molar-refractivity contribution in [2.75, 3.05) is 40.4 Å². The molecule has 2 aromatic carbocycles. The number of fused-ring (bicyclic) bond motifs is 1. The summed E-state index contributed by atoms with van der Waals surface area (Å²) in [4.78, 5) is 14.8. The number of aromatic nitrogens is 3. The fourth-order valence-electron chi connectivity index (χ4n) is 4.06. The largest absolute Gasteiger partial charge is 0.497 e. The SMILES string of the molecule is COc1ccc(C(=O)NCCc2nnc3n2CCN(C/C=C/c2ccccc2OC)CC3)cc1. The Bertz CT molecular complexity index is 1120. The molecule has 0 saturated heterocycles. The van der Waals surface area contributed by atoms with Crippen molar-refractivity contribution in [3.05, 3.63) is 77.4 Å². The highest BCUT2D eigenvalue weighted by molar-refractivity contribution is 5.94. The van der Waals surface area contributed by atoms with E-state index in [2.05, 4.69) is 43.2 Å². The van der Waals surface area contributed by atoms with Gasteiger partial charge in [0.2, 0.25) is 0 Å².